The molecule has 1 aromatic rings. The highest BCUT2D eigenvalue weighted by molar-refractivity contribution is 7.89. The Labute approximate surface area is 81.7 Å². The van der Waals surface area contributed by atoms with E-state index >= 15 is 0 Å². The summed E-state index contributed by atoms with van der Waals surface area (Å²) >= 11 is 0. The van der Waals surface area contributed by atoms with Crippen molar-refractivity contribution in [2.24, 2.45) is 5.73 Å². The summed E-state index contributed by atoms with van der Waals surface area (Å²) in [6.07, 6.45) is 1.60. The predicted molar refractivity (Wildman–Crippen MR) is 48.8 cm³/mol. The number of rotatable bonds is 6. The van der Waals surface area contributed by atoms with Gasteiger partial charge in [0.2, 0.25) is 16.4 Å². The fourth-order valence-electron chi connectivity index (χ4n) is 0.848. The van der Waals surface area contributed by atoms with Gasteiger partial charge in [0.05, 0.1) is 5.75 Å². The molecule has 0 bridgehead atoms. The fraction of sp³-hybridized carbons (Fsp3) is 0.667. The monoisotopic (exact) mass is 220 g/mol. The van der Waals surface area contributed by atoms with Crippen LogP contribution in [0, 0.1) is 0 Å². The van der Waals surface area contributed by atoms with Crippen LogP contribution in [0.2, 0.25) is 0 Å². The van der Waals surface area contributed by atoms with Crippen LogP contribution in [0.5, 0.6) is 0 Å². The van der Waals surface area contributed by atoms with Crippen LogP contribution in [0.25, 0.3) is 0 Å². The summed E-state index contributed by atoms with van der Waals surface area (Å²) in [6.45, 7) is 0.361. The van der Waals surface area contributed by atoms with Crippen molar-refractivity contribution in [3.63, 3.8) is 0 Å². The number of nitrogens with zero attached hydrogens (tertiary/aromatic N) is 2. The lowest BCUT2D eigenvalue weighted by atomic mass is 10.4. The summed E-state index contributed by atoms with van der Waals surface area (Å²) in [5.41, 5.74) is 5.12. The Kier molecular flexibility index (Phi) is 3.98. The van der Waals surface area contributed by atoms with Crippen molar-refractivity contribution in [3.8, 4) is 0 Å². The molecule has 0 aromatic carbocycles. The van der Waals surface area contributed by atoms with Gasteiger partial charge in [-0.2, -0.15) is 4.98 Å². The van der Waals surface area contributed by atoms with Crippen LogP contribution < -0.4 is 10.5 Å². The maximum atomic E-state index is 11.1. The maximum Gasteiger partial charge on any atom is 0.213 e. The number of hydrogen-bond acceptors (Lipinski definition) is 6. The van der Waals surface area contributed by atoms with Gasteiger partial charge in [-0.05, 0) is 0 Å². The van der Waals surface area contributed by atoms with Crippen LogP contribution in [0.4, 0.5) is 0 Å². The molecule has 0 spiro atoms. The van der Waals surface area contributed by atoms with E-state index in [1.165, 1.54) is 6.39 Å². The van der Waals surface area contributed by atoms with Crippen molar-refractivity contribution in [2.45, 2.75) is 6.42 Å². The molecule has 0 saturated carbocycles. The second-order valence-electron chi connectivity index (χ2n) is 2.60. The summed E-state index contributed by atoms with van der Waals surface area (Å²) in [6, 6.07) is 0. The third kappa shape index (κ3) is 3.81. The lowest BCUT2D eigenvalue weighted by molar-refractivity contribution is 0.410. The Hall–Kier alpha value is -0.990. The Morgan fingerprint density at radius 2 is 2.36 bits per heavy atom. The molecule has 7 nitrogen and oxygen atoms in total. The Morgan fingerprint density at radius 3 is 2.93 bits per heavy atom. The SMILES string of the molecule is NCCS(=O)(=O)NCCc1ncon1. The molecule has 0 radical (unpaired) electrons. The highest BCUT2D eigenvalue weighted by atomic mass is 32.2. The zero-order chi connectivity index (χ0) is 10.4. The minimum absolute atomic E-state index is 0.0702. The molecule has 0 amide bonds. The van der Waals surface area contributed by atoms with Gasteiger partial charge in [0, 0.05) is 19.5 Å². The number of aromatic nitrogens is 2. The first kappa shape index (κ1) is 11.1. The molecular formula is C6H12N4O3S. The standard InChI is InChI=1S/C6H12N4O3S/c7-2-4-14(11,12)9-3-1-6-8-5-13-10-6/h5,9H,1-4,7H2. The molecule has 8 heteroatoms. The van der Waals surface area contributed by atoms with Gasteiger partial charge in [-0.25, -0.2) is 13.1 Å². The second-order valence-corrected chi connectivity index (χ2v) is 4.53. The Morgan fingerprint density at radius 1 is 1.57 bits per heavy atom. The topological polar surface area (TPSA) is 111 Å². The third-order valence-corrected chi connectivity index (χ3v) is 2.88. The smallest absolute Gasteiger partial charge is 0.213 e. The van der Waals surface area contributed by atoms with E-state index in [1.54, 1.807) is 0 Å². The van der Waals surface area contributed by atoms with Gasteiger partial charge in [0.15, 0.2) is 5.82 Å². The molecule has 0 atom stereocenters. The van der Waals surface area contributed by atoms with Gasteiger partial charge < -0.3 is 10.3 Å². The fourth-order valence-corrected chi connectivity index (χ4v) is 1.72. The van der Waals surface area contributed by atoms with Crippen LogP contribution in [-0.2, 0) is 16.4 Å². The molecule has 14 heavy (non-hydrogen) atoms. The highest BCUT2D eigenvalue weighted by Crippen LogP contribution is 1.89. The van der Waals surface area contributed by atoms with Crippen molar-refractivity contribution >= 4 is 10.0 Å². The highest BCUT2D eigenvalue weighted by Gasteiger charge is 2.08. The Balaban J connectivity index is 2.28. The lowest BCUT2D eigenvalue weighted by Gasteiger charge is -2.02. The predicted octanol–water partition coefficient (Wildman–Crippen LogP) is -1.51. The molecule has 0 unspecified atom stereocenters. The molecule has 1 rings (SSSR count). The van der Waals surface area contributed by atoms with E-state index < -0.39 is 10.0 Å². The first-order chi connectivity index (χ1) is 6.64. The molecule has 0 fully saturated rings. The summed E-state index contributed by atoms with van der Waals surface area (Å²) in [5, 5.41) is 3.54. The van der Waals surface area contributed by atoms with Crippen molar-refractivity contribution in [1.29, 1.82) is 0 Å². The lowest BCUT2D eigenvalue weighted by Crippen LogP contribution is -2.31. The van der Waals surface area contributed by atoms with E-state index in [-0.39, 0.29) is 18.8 Å². The molecule has 1 aromatic heterocycles. The number of hydrogen-bond donors (Lipinski definition) is 2. The average molecular weight is 220 g/mol. The molecule has 0 aliphatic heterocycles. The van der Waals surface area contributed by atoms with Crippen LogP contribution in [0.1, 0.15) is 5.82 Å². The number of nitrogens with two attached hydrogens (primary N) is 1. The summed E-state index contributed by atoms with van der Waals surface area (Å²) < 4.78 is 29.1. The van der Waals surface area contributed by atoms with Crippen LogP contribution in [0.3, 0.4) is 0 Å². The molecule has 0 aliphatic carbocycles. The van der Waals surface area contributed by atoms with Gasteiger partial charge in [-0.1, -0.05) is 5.16 Å². The molecule has 3 N–H and O–H groups in total. The summed E-state index contributed by atoms with van der Waals surface area (Å²) in [7, 11) is -3.25. The first-order valence-electron chi connectivity index (χ1n) is 4.07. The zero-order valence-corrected chi connectivity index (χ0v) is 8.33. The number of sulfonamides is 1. The van der Waals surface area contributed by atoms with Crippen LogP contribution in [0.15, 0.2) is 10.9 Å². The van der Waals surface area contributed by atoms with E-state index in [9.17, 15) is 8.42 Å². The van der Waals surface area contributed by atoms with Crippen molar-refractivity contribution < 1.29 is 12.9 Å². The quantitative estimate of drug-likeness (QED) is 0.603. The van der Waals surface area contributed by atoms with E-state index in [0.717, 1.165) is 0 Å². The minimum atomic E-state index is -3.25. The van der Waals surface area contributed by atoms with Crippen LogP contribution in [-0.4, -0.2) is 37.4 Å². The van der Waals surface area contributed by atoms with Crippen LogP contribution >= 0.6 is 0 Å². The summed E-state index contributed by atoms with van der Waals surface area (Å²) in [5.74, 6) is 0.402. The Bertz CT molecular complexity index is 347. The second kappa shape index (κ2) is 5.03. The van der Waals surface area contributed by atoms with E-state index in [1.807, 2.05) is 0 Å². The van der Waals surface area contributed by atoms with Gasteiger partial charge >= 0.3 is 0 Å². The zero-order valence-electron chi connectivity index (χ0n) is 7.51. The summed E-state index contributed by atoms with van der Waals surface area (Å²) in [4.78, 5) is 3.74. The molecule has 1 heterocycles. The largest absolute Gasteiger partial charge is 0.343 e. The van der Waals surface area contributed by atoms with Gasteiger partial charge in [0.1, 0.15) is 0 Å². The molecule has 0 aliphatic rings. The van der Waals surface area contributed by atoms with Gasteiger partial charge in [-0.15, -0.1) is 0 Å². The third-order valence-electron chi connectivity index (χ3n) is 1.46. The van der Waals surface area contributed by atoms with E-state index in [0.29, 0.717) is 12.2 Å². The average Bonchev–Trinajstić information content (AvgIpc) is 2.56. The molecule has 80 valence electrons. The van der Waals surface area contributed by atoms with Crippen molar-refractivity contribution in [1.82, 2.24) is 14.9 Å². The van der Waals surface area contributed by atoms with Crippen molar-refractivity contribution in [2.75, 3.05) is 18.8 Å². The van der Waals surface area contributed by atoms with Gasteiger partial charge in [0.25, 0.3) is 0 Å². The van der Waals surface area contributed by atoms with Gasteiger partial charge in [-0.3, -0.25) is 0 Å². The first-order valence-corrected chi connectivity index (χ1v) is 5.72. The van der Waals surface area contributed by atoms with E-state index in [2.05, 4.69) is 19.4 Å². The minimum Gasteiger partial charge on any atom is -0.343 e. The molecular weight excluding hydrogens is 208 g/mol. The van der Waals surface area contributed by atoms with Crippen molar-refractivity contribution in [3.05, 3.63) is 12.2 Å². The maximum absolute atomic E-state index is 11.1. The molecule has 0 saturated heterocycles. The number of nitrogens with one attached hydrogen (secondary N) is 1. The normalized spacial score (nSPS) is 11.8. The van der Waals surface area contributed by atoms with E-state index in [4.69, 9.17) is 5.73 Å².